The highest BCUT2D eigenvalue weighted by Crippen LogP contribution is 2.50. The van der Waals surface area contributed by atoms with Crippen LogP contribution in [0.2, 0.25) is 0 Å². The summed E-state index contributed by atoms with van der Waals surface area (Å²) in [4.78, 5) is 11.4. The molecule has 3 aliphatic carbocycles. The first kappa shape index (κ1) is 18.2. The van der Waals surface area contributed by atoms with Crippen molar-refractivity contribution in [2.24, 2.45) is 35.5 Å². The van der Waals surface area contributed by atoms with Crippen molar-refractivity contribution in [3.63, 3.8) is 0 Å². The molecule has 1 nitrogen and oxygen atoms in total. The van der Waals surface area contributed by atoms with E-state index in [0.717, 1.165) is 29.6 Å². The van der Waals surface area contributed by atoms with Crippen molar-refractivity contribution in [2.45, 2.75) is 91.4 Å². The molecule has 0 aromatic rings. The minimum Gasteiger partial charge on any atom is -0.295 e. The number of ketones is 1. The first-order valence-corrected chi connectivity index (χ1v) is 10.8. The van der Waals surface area contributed by atoms with Gasteiger partial charge in [0.25, 0.3) is 0 Å². The maximum Gasteiger partial charge on any atom is 0.152 e. The molecular formula is C23H38O. The number of allylic oxidation sites excluding steroid dienone is 2. The quantitative estimate of drug-likeness (QED) is 0.533. The summed E-state index contributed by atoms with van der Waals surface area (Å²) in [6, 6.07) is 0. The number of hydrogen-bond acceptors (Lipinski definition) is 1. The molecule has 24 heavy (non-hydrogen) atoms. The molecule has 136 valence electrons. The fraction of sp³-hybridized carbons (Fsp3) is 0.870. The maximum atomic E-state index is 11.4. The van der Waals surface area contributed by atoms with E-state index in [1.165, 1.54) is 76.2 Å². The monoisotopic (exact) mass is 330 g/mol. The van der Waals surface area contributed by atoms with Gasteiger partial charge in [-0.25, -0.2) is 0 Å². The Morgan fingerprint density at radius 3 is 2.21 bits per heavy atom. The van der Waals surface area contributed by atoms with Crippen molar-refractivity contribution in [1.29, 1.82) is 0 Å². The Balaban J connectivity index is 1.53. The Hall–Kier alpha value is -0.590. The molecular weight excluding hydrogens is 292 g/mol. The van der Waals surface area contributed by atoms with E-state index >= 15 is 0 Å². The summed E-state index contributed by atoms with van der Waals surface area (Å²) >= 11 is 0. The Morgan fingerprint density at radius 2 is 1.58 bits per heavy atom. The van der Waals surface area contributed by atoms with Gasteiger partial charge in [0.15, 0.2) is 5.78 Å². The van der Waals surface area contributed by atoms with Crippen molar-refractivity contribution in [1.82, 2.24) is 0 Å². The van der Waals surface area contributed by atoms with Crippen molar-refractivity contribution in [2.75, 3.05) is 0 Å². The normalized spacial score (nSPS) is 41.9. The largest absolute Gasteiger partial charge is 0.295 e. The second kappa shape index (κ2) is 8.19. The van der Waals surface area contributed by atoms with Crippen LogP contribution in [0.5, 0.6) is 0 Å². The first-order valence-electron chi connectivity index (χ1n) is 10.8. The maximum absolute atomic E-state index is 11.4. The number of carbonyl (C=O) groups excluding carboxylic acids is 1. The Labute approximate surface area is 149 Å². The van der Waals surface area contributed by atoms with Gasteiger partial charge >= 0.3 is 0 Å². The molecule has 0 spiro atoms. The van der Waals surface area contributed by atoms with Crippen LogP contribution in [0.1, 0.15) is 91.4 Å². The molecule has 0 N–H and O–H groups in total. The lowest BCUT2D eigenvalue weighted by atomic mass is 9.60. The van der Waals surface area contributed by atoms with Crippen LogP contribution < -0.4 is 0 Å². The summed E-state index contributed by atoms with van der Waals surface area (Å²) in [6.07, 6.45) is 17.7. The molecule has 3 saturated carbocycles. The zero-order chi connectivity index (χ0) is 17.1. The van der Waals surface area contributed by atoms with Crippen LogP contribution in [0.25, 0.3) is 0 Å². The van der Waals surface area contributed by atoms with Gasteiger partial charge in [-0.3, -0.25) is 4.79 Å². The minimum atomic E-state index is 0.236. The zero-order valence-corrected chi connectivity index (χ0v) is 16.2. The van der Waals surface area contributed by atoms with E-state index < -0.39 is 0 Å². The molecule has 3 rings (SSSR count). The highest BCUT2D eigenvalue weighted by atomic mass is 16.1. The summed E-state index contributed by atoms with van der Waals surface area (Å²) in [5.74, 6) is 5.92. The van der Waals surface area contributed by atoms with E-state index in [0.29, 0.717) is 5.92 Å². The van der Waals surface area contributed by atoms with E-state index in [4.69, 9.17) is 0 Å². The van der Waals surface area contributed by atoms with Gasteiger partial charge in [0.05, 0.1) is 0 Å². The van der Waals surface area contributed by atoms with Crippen LogP contribution in [0.3, 0.4) is 0 Å². The number of carbonyl (C=O) groups is 1. The van der Waals surface area contributed by atoms with Crippen molar-refractivity contribution in [3.05, 3.63) is 11.6 Å². The topological polar surface area (TPSA) is 17.1 Å². The number of fused-ring (bicyclic) bond motifs is 1. The summed E-state index contributed by atoms with van der Waals surface area (Å²) in [5.41, 5.74) is 1.42. The fourth-order valence-electron chi connectivity index (χ4n) is 6.35. The van der Waals surface area contributed by atoms with Crippen LogP contribution in [0.15, 0.2) is 11.6 Å². The summed E-state index contributed by atoms with van der Waals surface area (Å²) in [6.45, 7) is 6.40. The van der Waals surface area contributed by atoms with Crippen LogP contribution >= 0.6 is 0 Å². The molecule has 0 aliphatic heterocycles. The molecule has 6 atom stereocenters. The van der Waals surface area contributed by atoms with Gasteiger partial charge in [0, 0.05) is 0 Å². The summed E-state index contributed by atoms with van der Waals surface area (Å²) < 4.78 is 0. The Bertz CT molecular complexity index is 463. The minimum absolute atomic E-state index is 0.236. The standard InChI is InChI=1S/C23H38O/c1-4-5-18-6-7-22-15-23(11-10-21(22)14-18)20-9-8-19(13-17(3)24)16(2)12-20/h13,16,18,20-23H,4-12,14-15H2,1-3H3/b19-13-. The van der Waals surface area contributed by atoms with Crippen LogP contribution in [0, 0.1) is 35.5 Å². The van der Waals surface area contributed by atoms with Gasteiger partial charge in [0.2, 0.25) is 0 Å². The average molecular weight is 331 g/mol. The van der Waals surface area contributed by atoms with Crippen molar-refractivity contribution in [3.8, 4) is 0 Å². The van der Waals surface area contributed by atoms with E-state index in [1.807, 2.05) is 6.08 Å². The molecule has 0 amide bonds. The molecule has 6 unspecified atom stereocenters. The average Bonchev–Trinajstić information content (AvgIpc) is 2.56. The molecule has 0 aromatic heterocycles. The molecule has 3 fully saturated rings. The zero-order valence-electron chi connectivity index (χ0n) is 16.2. The number of rotatable bonds is 4. The lowest BCUT2D eigenvalue weighted by molar-refractivity contribution is -0.112. The second-order valence-electron chi connectivity index (χ2n) is 9.33. The molecule has 3 aliphatic rings. The van der Waals surface area contributed by atoms with Gasteiger partial charge in [-0.15, -0.1) is 0 Å². The Kier molecular flexibility index (Phi) is 6.22. The van der Waals surface area contributed by atoms with Gasteiger partial charge in [0.1, 0.15) is 0 Å². The van der Waals surface area contributed by atoms with Crippen LogP contribution in [0.4, 0.5) is 0 Å². The third kappa shape index (κ3) is 4.33. The lowest BCUT2D eigenvalue weighted by Gasteiger charge is -2.45. The number of hydrogen-bond donors (Lipinski definition) is 0. The van der Waals surface area contributed by atoms with Crippen LogP contribution in [-0.2, 0) is 4.79 Å². The third-order valence-corrected chi connectivity index (χ3v) is 7.61. The van der Waals surface area contributed by atoms with E-state index in [-0.39, 0.29) is 5.78 Å². The molecule has 0 bridgehead atoms. The van der Waals surface area contributed by atoms with Gasteiger partial charge in [-0.1, -0.05) is 38.7 Å². The first-order chi connectivity index (χ1) is 11.6. The molecule has 0 aromatic carbocycles. The van der Waals surface area contributed by atoms with Crippen LogP contribution in [-0.4, -0.2) is 5.78 Å². The highest BCUT2D eigenvalue weighted by molar-refractivity contribution is 5.88. The van der Waals surface area contributed by atoms with E-state index in [1.54, 1.807) is 6.92 Å². The van der Waals surface area contributed by atoms with Gasteiger partial charge < -0.3 is 0 Å². The molecule has 1 heteroatoms. The predicted octanol–water partition coefficient (Wildman–Crippen LogP) is 6.57. The van der Waals surface area contributed by atoms with Crippen molar-refractivity contribution < 1.29 is 4.79 Å². The smallest absolute Gasteiger partial charge is 0.152 e. The second-order valence-corrected chi connectivity index (χ2v) is 9.33. The fourth-order valence-corrected chi connectivity index (χ4v) is 6.35. The Morgan fingerprint density at radius 1 is 0.958 bits per heavy atom. The summed E-state index contributed by atoms with van der Waals surface area (Å²) in [7, 11) is 0. The van der Waals surface area contributed by atoms with Crippen molar-refractivity contribution >= 4 is 5.78 Å². The molecule has 0 saturated heterocycles. The van der Waals surface area contributed by atoms with E-state index in [9.17, 15) is 4.79 Å². The SMILES string of the molecule is CCCC1CCC2CC(C3CC/C(=C/C(C)=O)C(C)C3)CCC2C1. The third-order valence-electron chi connectivity index (χ3n) is 7.61. The predicted molar refractivity (Wildman–Crippen MR) is 102 cm³/mol. The molecule has 0 radical (unpaired) electrons. The molecule has 0 heterocycles. The van der Waals surface area contributed by atoms with Gasteiger partial charge in [-0.2, -0.15) is 0 Å². The van der Waals surface area contributed by atoms with E-state index in [2.05, 4.69) is 13.8 Å². The highest BCUT2D eigenvalue weighted by Gasteiger charge is 2.38. The summed E-state index contributed by atoms with van der Waals surface area (Å²) in [5, 5.41) is 0. The van der Waals surface area contributed by atoms with Gasteiger partial charge in [-0.05, 0) is 99.9 Å². The lowest BCUT2D eigenvalue weighted by Crippen LogP contribution is -2.35.